The molecule has 0 radical (unpaired) electrons. The molecule has 16 heavy (non-hydrogen) atoms. The van der Waals surface area contributed by atoms with Gasteiger partial charge in [0.1, 0.15) is 0 Å². The summed E-state index contributed by atoms with van der Waals surface area (Å²) in [6, 6.07) is 0.552. The minimum absolute atomic E-state index is 0.310. The van der Waals surface area contributed by atoms with Gasteiger partial charge in [-0.2, -0.15) is 0 Å². The third kappa shape index (κ3) is 2.97. The molecule has 1 atom stereocenters. The van der Waals surface area contributed by atoms with Gasteiger partial charge in [0.2, 0.25) is 5.91 Å². The van der Waals surface area contributed by atoms with E-state index in [0.29, 0.717) is 18.4 Å². The summed E-state index contributed by atoms with van der Waals surface area (Å²) >= 11 is 0. The van der Waals surface area contributed by atoms with Crippen LogP contribution in [0.15, 0.2) is 0 Å². The topological polar surface area (TPSA) is 32.3 Å². The Labute approximate surface area is 98.6 Å². The number of nitrogens with zero attached hydrogens (tertiary/aromatic N) is 1. The second kappa shape index (κ2) is 5.67. The lowest BCUT2D eigenvalue weighted by Crippen LogP contribution is -2.36. The van der Waals surface area contributed by atoms with Gasteiger partial charge in [-0.15, -0.1) is 0 Å². The SMILES string of the molecule is CCC(=O)N1CCC(NCC2CCCC2)C1. The first-order chi connectivity index (χ1) is 7.79. The number of nitrogens with one attached hydrogen (secondary N) is 1. The van der Waals surface area contributed by atoms with Gasteiger partial charge in [-0.3, -0.25) is 4.79 Å². The first kappa shape index (κ1) is 11.9. The molecule has 1 N–H and O–H groups in total. The van der Waals surface area contributed by atoms with Gasteiger partial charge in [-0.1, -0.05) is 19.8 Å². The third-order valence-corrected chi connectivity index (χ3v) is 4.01. The van der Waals surface area contributed by atoms with Crippen molar-refractivity contribution in [2.45, 2.75) is 51.5 Å². The summed E-state index contributed by atoms with van der Waals surface area (Å²) in [5.74, 6) is 1.21. The van der Waals surface area contributed by atoms with Crippen LogP contribution in [-0.2, 0) is 4.79 Å². The zero-order chi connectivity index (χ0) is 11.4. The molecule has 92 valence electrons. The number of hydrogen-bond acceptors (Lipinski definition) is 2. The van der Waals surface area contributed by atoms with Crippen LogP contribution in [0.25, 0.3) is 0 Å². The molecule has 1 unspecified atom stereocenters. The van der Waals surface area contributed by atoms with Crippen LogP contribution < -0.4 is 5.32 Å². The minimum Gasteiger partial charge on any atom is -0.341 e. The summed E-state index contributed by atoms with van der Waals surface area (Å²) < 4.78 is 0. The molecule has 1 heterocycles. The van der Waals surface area contributed by atoms with Gasteiger partial charge in [0, 0.05) is 25.6 Å². The molecule has 2 rings (SSSR count). The zero-order valence-electron chi connectivity index (χ0n) is 10.4. The molecule has 3 heteroatoms. The van der Waals surface area contributed by atoms with Gasteiger partial charge < -0.3 is 10.2 Å². The van der Waals surface area contributed by atoms with E-state index in [4.69, 9.17) is 0 Å². The monoisotopic (exact) mass is 224 g/mol. The van der Waals surface area contributed by atoms with Crippen LogP contribution in [0.4, 0.5) is 0 Å². The number of rotatable bonds is 4. The van der Waals surface area contributed by atoms with Gasteiger partial charge in [0.25, 0.3) is 0 Å². The van der Waals surface area contributed by atoms with Crippen LogP contribution in [0.1, 0.15) is 45.4 Å². The lowest BCUT2D eigenvalue weighted by atomic mass is 10.1. The molecule has 2 aliphatic rings. The molecule has 0 spiro atoms. The maximum absolute atomic E-state index is 11.5. The largest absolute Gasteiger partial charge is 0.341 e. The van der Waals surface area contributed by atoms with Crippen molar-refractivity contribution in [2.24, 2.45) is 5.92 Å². The fourth-order valence-electron chi connectivity index (χ4n) is 2.92. The van der Waals surface area contributed by atoms with Crippen LogP contribution >= 0.6 is 0 Å². The summed E-state index contributed by atoms with van der Waals surface area (Å²) in [5, 5.41) is 3.64. The highest BCUT2D eigenvalue weighted by Crippen LogP contribution is 2.24. The molecule has 0 aromatic rings. The smallest absolute Gasteiger partial charge is 0.222 e. The molecule has 1 aliphatic carbocycles. The van der Waals surface area contributed by atoms with Crippen LogP contribution in [0.2, 0.25) is 0 Å². The molecule has 3 nitrogen and oxygen atoms in total. The quantitative estimate of drug-likeness (QED) is 0.789. The average molecular weight is 224 g/mol. The first-order valence-electron chi connectivity index (χ1n) is 6.80. The Morgan fingerprint density at radius 3 is 2.75 bits per heavy atom. The van der Waals surface area contributed by atoms with Crippen molar-refractivity contribution < 1.29 is 4.79 Å². The molecule has 0 aromatic heterocycles. The van der Waals surface area contributed by atoms with E-state index >= 15 is 0 Å². The van der Waals surface area contributed by atoms with E-state index in [1.54, 1.807) is 0 Å². The molecule has 1 amide bonds. The molecular formula is C13H24N2O. The summed E-state index contributed by atoms with van der Waals surface area (Å²) in [5.41, 5.74) is 0. The normalized spacial score (nSPS) is 26.6. The van der Waals surface area contributed by atoms with Crippen molar-refractivity contribution in [3.8, 4) is 0 Å². The Bertz CT molecular complexity index is 236. The Kier molecular flexibility index (Phi) is 4.22. The average Bonchev–Trinajstić information content (AvgIpc) is 2.96. The third-order valence-electron chi connectivity index (χ3n) is 4.01. The Morgan fingerprint density at radius 2 is 2.06 bits per heavy atom. The van der Waals surface area contributed by atoms with E-state index in [0.717, 1.165) is 25.4 Å². The van der Waals surface area contributed by atoms with Crippen molar-refractivity contribution in [3.05, 3.63) is 0 Å². The van der Waals surface area contributed by atoms with E-state index in [1.807, 2.05) is 11.8 Å². The van der Waals surface area contributed by atoms with Crippen molar-refractivity contribution in [1.29, 1.82) is 0 Å². The Hall–Kier alpha value is -0.570. The van der Waals surface area contributed by atoms with Crippen LogP contribution in [-0.4, -0.2) is 36.5 Å². The minimum atomic E-state index is 0.310. The van der Waals surface area contributed by atoms with E-state index in [-0.39, 0.29) is 0 Å². The summed E-state index contributed by atoms with van der Waals surface area (Å²) in [4.78, 5) is 13.5. The molecule has 0 bridgehead atoms. The second-order valence-electron chi connectivity index (χ2n) is 5.24. The maximum Gasteiger partial charge on any atom is 0.222 e. The molecule has 1 aliphatic heterocycles. The standard InChI is InChI=1S/C13H24N2O/c1-2-13(16)15-8-7-12(10-15)14-9-11-5-3-4-6-11/h11-12,14H,2-10H2,1H3. The van der Waals surface area contributed by atoms with E-state index in [9.17, 15) is 4.79 Å². The van der Waals surface area contributed by atoms with Gasteiger partial charge in [-0.25, -0.2) is 0 Å². The molecular weight excluding hydrogens is 200 g/mol. The highest BCUT2D eigenvalue weighted by molar-refractivity contribution is 5.76. The molecule has 1 saturated heterocycles. The first-order valence-corrected chi connectivity index (χ1v) is 6.80. The maximum atomic E-state index is 11.5. The van der Waals surface area contributed by atoms with Gasteiger partial charge >= 0.3 is 0 Å². The number of likely N-dealkylation sites (tertiary alicyclic amines) is 1. The summed E-state index contributed by atoms with van der Waals surface area (Å²) in [7, 11) is 0. The van der Waals surface area contributed by atoms with Gasteiger partial charge in [0.15, 0.2) is 0 Å². The van der Waals surface area contributed by atoms with Crippen LogP contribution in [0, 0.1) is 5.92 Å². The van der Waals surface area contributed by atoms with Crippen LogP contribution in [0.3, 0.4) is 0 Å². The van der Waals surface area contributed by atoms with Crippen molar-refractivity contribution in [2.75, 3.05) is 19.6 Å². The summed E-state index contributed by atoms with van der Waals surface area (Å²) in [6.45, 7) is 4.99. The van der Waals surface area contributed by atoms with Crippen molar-refractivity contribution in [3.63, 3.8) is 0 Å². The molecule has 1 saturated carbocycles. The number of amides is 1. The number of carbonyl (C=O) groups is 1. The van der Waals surface area contributed by atoms with E-state index < -0.39 is 0 Å². The lowest BCUT2D eigenvalue weighted by Gasteiger charge is -2.18. The Balaban J connectivity index is 1.66. The summed E-state index contributed by atoms with van der Waals surface area (Å²) in [6.07, 6.45) is 7.41. The molecule has 0 aromatic carbocycles. The van der Waals surface area contributed by atoms with E-state index in [1.165, 1.54) is 32.2 Å². The highest BCUT2D eigenvalue weighted by Gasteiger charge is 2.25. The predicted molar refractivity (Wildman–Crippen MR) is 65.2 cm³/mol. The zero-order valence-corrected chi connectivity index (χ0v) is 10.4. The predicted octanol–water partition coefficient (Wildman–Crippen LogP) is 1.78. The number of hydrogen-bond donors (Lipinski definition) is 1. The van der Waals surface area contributed by atoms with Crippen molar-refractivity contribution in [1.82, 2.24) is 10.2 Å². The number of carbonyl (C=O) groups excluding carboxylic acids is 1. The lowest BCUT2D eigenvalue weighted by molar-refractivity contribution is -0.129. The Morgan fingerprint density at radius 1 is 1.31 bits per heavy atom. The van der Waals surface area contributed by atoms with Gasteiger partial charge in [-0.05, 0) is 31.7 Å². The molecule has 2 fully saturated rings. The highest BCUT2D eigenvalue weighted by atomic mass is 16.2. The van der Waals surface area contributed by atoms with Gasteiger partial charge in [0.05, 0.1) is 0 Å². The van der Waals surface area contributed by atoms with Crippen molar-refractivity contribution >= 4 is 5.91 Å². The second-order valence-corrected chi connectivity index (χ2v) is 5.24. The van der Waals surface area contributed by atoms with Crippen LogP contribution in [0.5, 0.6) is 0 Å². The van der Waals surface area contributed by atoms with E-state index in [2.05, 4.69) is 5.32 Å². The fraction of sp³-hybridized carbons (Fsp3) is 0.923. The fourth-order valence-corrected chi connectivity index (χ4v) is 2.92.